The molecule has 0 unspecified atom stereocenters. The van der Waals surface area contributed by atoms with Gasteiger partial charge in [0.25, 0.3) is 0 Å². The maximum atomic E-state index is 11.9. The zero-order chi connectivity index (χ0) is 19.0. The predicted molar refractivity (Wildman–Crippen MR) is 105 cm³/mol. The van der Waals surface area contributed by atoms with Gasteiger partial charge in [-0.15, -0.1) is 0 Å². The lowest BCUT2D eigenvalue weighted by molar-refractivity contribution is -0.121. The van der Waals surface area contributed by atoms with Crippen LogP contribution in [0.3, 0.4) is 0 Å². The average molecular weight is 361 g/mol. The zero-order valence-electron chi connectivity index (χ0n) is 16.0. The van der Waals surface area contributed by atoms with Crippen molar-refractivity contribution in [1.82, 2.24) is 5.32 Å². The van der Waals surface area contributed by atoms with Crippen LogP contribution in [0.2, 0.25) is 0 Å². The summed E-state index contributed by atoms with van der Waals surface area (Å²) < 4.78 is 5.24. The molecule has 0 aromatic heterocycles. The Morgan fingerprint density at radius 3 is 2.50 bits per heavy atom. The molecule has 26 heavy (non-hydrogen) atoms. The number of carbonyl (C=O) groups excluding carboxylic acids is 1. The van der Waals surface area contributed by atoms with E-state index in [4.69, 9.17) is 10.3 Å². The molecular weight excluding hydrogens is 330 g/mol. The molecule has 1 rings (SSSR count). The van der Waals surface area contributed by atoms with Gasteiger partial charge < -0.3 is 15.0 Å². The van der Waals surface area contributed by atoms with E-state index in [1.54, 1.807) is 0 Å². The fourth-order valence-electron chi connectivity index (χ4n) is 2.64. The molecule has 0 aliphatic heterocycles. The van der Waals surface area contributed by atoms with E-state index >= 15 is 0 Å². The number of hydrogen-bond donors (Lipinski definition) is 1. The largest absolute Gasteiger partial charge is 0.379 e. The van der Waals surface area contributed by atoms with Crippen LogP contribution in [0.25, 0.3) is 10.4 Å². The van der Waals surface area contributed by atoms with Crippen molar-refractivity contribution in [2.45, 2.75) is 39.5 Å². The lowest BCUT2D eigenvalue weighted by Gasteiger charge is -2.24. The molecule has 144 valence electrons. The number of rotatable bonds is 14. The van der Waals surface area contributed by atoms with E-state index in [1.807, 2.05) is 0 Å². The van der Waals surface area contributed by atoms with Crippen LogP contribution in [0.5, 0.6) is 0 Å². The Labute approximate surface area is 156 Å². The van der Waals surface area contributed by atoms with Crippen molar-refractivity contribution in [3.8, 4) is 0 Å². The summed E-state index contributed by atoms with van der Waals surface area (Å²) in [6, 6.07) is 8.52. The smallest absolute Gasteiger partial charge is 0.220 e. The summed E-state index contributed by atoms with van der Waals surface area (Å²) in [6.07, 6.45) is 3.46. The molecule has 7 nitrogen and oxygen atoms in total. The summed E-state index contributed by atoms with van der Waals surface area (Å²) in [6.45, 7) is 8.11. The first kappa shape index (κ1) is 21.8. The summed E-state index contributed by atoms with van der Waals surface area (Å²) in [5, 5.41) is 6.20. The highest BCUT2D eigenvalue weighted by Gasteiger charge is 2.06. The van der Waals surface area contributed by atoms with Gasteiger partial charge in [-0.3, -0.25) is 4.79 Å². The Morgan fingerprint density at radius 1 is 1.19 bits per heavy atom. The van der Waals surface area contributed by atoms with Crippen LogP contribution in [0.4, 0.5) is 5.69 Å². The van der Waals surface area contributed by atoms with Crippen molar-refractivity contribution in [2.24, 2.45) is 5.11 Å². The fraction of sp³-hybridized carbons (Fsp3) is 0.632. The second-order valence-corrected chi connectivity index (χ2v) is 6.07. The van der Waals surface area contributed by atoms with Gasteiger partial charge in [0, 0.05) is 43.2 Å². The summed E-state index contributed by atoms with van der Waals surface area (Å²) in [5.41, 5.74) is 10.5. The Bertz CT molecular complexity index is 550. The number of carbonyl (C=O) groups is 1. The van der Waals surface area contributed by atoms with E-state index in [9.17, 15) is 4.79 Å². The van der Waals surface area contributed by atoms with Crippen LogP contribution in [0, 0.1) is 0 Å². The van der Waals surface area contributed by atoms with Gasteiger partial charge in [0.05, 0.1) is 13.2 Å². The molecule has 0 aliphatic rings. The van der Waals surface area contributed by atoms with Gasteiger partial charge in [-0.1, -0.05) is 31.1 Å². The Balaban J connectivity index is 2.27. The van der Waals surface area contributed by atoms with E-state index in [2.05, 4.69) is 58.4 Å². The summed E-state index contributed by atoms with van der Waals surface area (Å²) in [5.74, 6) is 0.0197. The van der Waals surface area contributed by atoms with Crippen molar-refractivity contribution in [2.75, 3.05) is 44.3 Å². The van der Waals surface area contributed by atoms with Crippen LogP contribution >= 0.6 is 0 Å². The molecule has 0 fully saturated rings. The van der Waals surface area contributed by atoms with Crippen molar-refractivity contribution < 1.29 is 9.53 Å². The van der Waals surface area contributed by atoms with Gasteiger partial charge in [-0.2, -0.15) is 0 Å². The average Bonchev–Trinajstić information content (AvgIpc) is 2.66. The third-order valence-electron chi connectivity index (χ3n) is 3.90. The third-order valence-corrected chi connectivity index (χ3v) is 3.90. The van der Waals surface area contributed by atoms with Gasteiger partial charge in [-0.05, 0) is 42.5 Å². The first-order valence-corrected chi connectivity index (χ1v) is 9.40. The van der Waals surface area contributed by atoms with Crippen LogP contribution in [0.15, 0.2) is 29.4 Å². The van der Waals surface area contributed by atoms with Gasteiger partial charge in [0.1, 0.15) is 0 Å². The van der Waals surface area contributed by atoms with Gasteiger partial charge >= 0.3 is 0 Å². The molecule has 0 saturated carbocycles. The first-order chi connectivity index (χ1) is 12.7. The Morgan fingerprint density at radius 2 is 1.88 bits per heavy atom. The molecule has 0 atom stereocenters. The minimum Gasteiger partial charge on any atom is -0.379 e. The van der Waals surface area contributed by atoms with Gasteiger partial charge in [0.2, 0.25) is 5.91 Å². The molecule has 0 heterocycles. The number of azide groups is 1. The molecule has 1 amide bonds. The van der Waals surface area contributed by atoms with Crippen LogP contribution in [-0.4, -0.2) is 45.3 Å². The van der Waals surface area contributed by atoms with Crippen LogP contribution in [0.1, 0.15) is 38.7 Å². The van der Waals surface area contributed by atoms with E-state index in [1.165, 1.54) is 11.3 Å². The number of nitrogens with one attached hydrogen (secondary N) is 1. The van der Waals surface area contributed by atoms with E-state index < -0.39 is 0 Å². The number of benzene rings is 1. The highest BCUT2D eigenvalue weighted by Crippen LogP contribution is 2.17. The topological polar surface area (TPSA) is 90.3 Å². The molecule has 0 spiro atoms. The Hall–Kier alpha value is -2.24. The number of nitrogens with zero attached hydrogens (tertiary/aromatic N) is 4. The van der Waals surface area contributed by atoms with Crippen molar-refractivity contribution in [3.63, 3.8) is 0 Å². The highest BCUT2D eigenvalue weighted by atomic mass is 16.5. The standard InChI is InChI=1S/C19H31N5O2/c1-3-13-24(14-4-2)18-8-5-17(6-9-18)7-10-19(25)21-11-15-26-16-12-22-23-20/h5-6,8-9H,3-4,7,10-16H2,1-2H3,(H,21,25). The lowest BCUT2D eigenvalue weighted by Crippen LogP contribution is -2.27. The van der Waals surface area contributed by atoms with Gasteiger partial charge in [0.15, 0.2) is 0 Å². The second-order valence-electron chi connectivity index (χ2n) is 6.07. The minimum atomic E-state index is 0.0197. The molecule has 0 saturated heterocycles. The maximum absolute atomic E-state index is 11.9. The number of amides is 1. The normalized spacial score (nSPS) is 10.2. The van der Waals surface area contributed by atoms with Crippen LogP contribution in [-0.2, 0) is 16.0 Å². The zero-order valence-corrected chi connectivity index (χ0v) is 16.0. The number of aryl methyl sites for hydroxylation is 1. The number of anilines is 1. The highest BCUT2D eigenvalue weighted by molar-refractivity contribution is 5.76. The summed E-state index contributed by atoms with van der Waals surface area (Å²) >= 11 is 0. The minimum absolute atomic E-state index is 0.0197. The summed E-state index contributed by atoms with van der Waals surface area (Å²) in [4.78, 5) is 16.9. The van der Waals surface area contributed by atoms with E-state index in [-0.39, 0.29) is 5.91 Å². The molecule has 1 aromatic rings. The molecule has 0 bridgehead atoms. The SMILES string of the molecule is CCCN(CCC)c1ccc(CCC(=O)NCCOCCN=[N+]=[N-])cc1. The first-order valence-electron chi connectivity index (χ1n) is 9.40. The third kappa shape index (κ3) is 9.30. The lowest BCUT2D eigenvalue weighted by atomic mass is 10.1. The van der Waals surface area contributed by atoms with Crippen molar-refractivity contribution >= 4 is 11.6 Å². The predicted octanol–water partition coefficient (Wildman–Crippen LogP) is 3.69. The molecule has 0 radical (unpaired) electrons. The second kappa shape index (κ2) is 14.0. The van der Waals surface area contributed by atoms with Crippen molar-refractivity contribution in [1.29, 1.82) is 0 Å². The van der Waals surface area contributed by atoms with Gasteiger partial charge in [-0.25, -0.2) is 0 Å². The van der Waals surface area contributed by atoms with Crippen LogP contribution < -0.4 is 10.2 Å². The Kier molecular flexibility index (Phi) is 11.7. The quantitative estimate of drug-likeness (QED) is 0.237. The van der Waals surface area contributed by atoms with E-state index in [0.717, 1.165) is 32.4 Å². The molecule has 7 heteroatoms. The monoisotopic (exact) mass is 361 g/mol. The molecule has 1 N–H and O–H groups in total. The fourth-order valence-corrected chi connectivity index (χ4v) is 2.64. The van der Waals surface area contributed by atoms with E-state index in [0.29, 0.717) is 32.7 Å². The number of ether oxygens (including phenoxy) is 1. The molecular formula is C19H31N5O2. The van der Waals surface area contributed by atoms with Crippen molar-refractivity contribution in [3.05, 3.63) is 40.3 Å². The maximum Gasteiger partial charge on any atom is 0.220 e. The molecule has 1 aromatic carbocycles. The molecule has 0 aliphatic carbocycles. The number of hydrogen-bond acceptors (Lipinski definition) is 4. The summed E-state index contributed by atoms with van der Waals surface area (Å²) in [7, 11) is 0.